The third-order valence-corrected chi connectivity index (χ3v) is 3.64. The van der Waals surface area contributed by atoms with Crippen LogP contribution in [0.2, 0.25) is 0 Å². The maximum Gasteiger partial charge on any atom is 0.410 e. The zero-order valence-corrected chi connectivity index (χ0v) is 13.2. The topological polar surface area (TPSA) is 68.2 Å². The van der Waals surface area contributed by atoms with Gasteiger partial charge in [0.25, 0.3) is 0 Å². The van der Waals surface area contributed by atoms with Crippen molar-refractivity contribution in [2.45, 2.75) is 38.4 Å². The van der Waals surface area contributed by atoms with Crippen molar-refractivity contribution in [3.05, 3.63) is 35.9 Å². The summed E-state index contributed by atoms with van der Waals surface area (Å²) in [4.78, 5) is 13.5. The number of ether oxygens (including phenoxy) is 3. The first-order valence-electron chi connectivity index (χ1n) is 7.28. The van der Waals surface area contributed by atoms with Gasteiger partial charge < -0.3 is 24.2 Å². The molecule has 2 rings (SSSR count). The molecule has 22 heavy (non-hydrogen) atoms. The quantitative estimate of drug-likeness (QED) is 0.921. The molecule has 1 aliphatic rings. The average Bonchev–Trinajstić information content (AvgIpc) is 2.64. The van der Waals surface area contributed by atoms with Gasteiger partial charge in [0.1, 0.15) is 12.7 Å². The second-order valence-electron chi connectivity index (χ2n) is 5.81. The number of aliphatic hydroxyl groups is 1. The predicted octanol–water partition coefficient (Wildman–Crippen LogP) is 1.77. The van der Waals surface area contributed by atoms with Crippen LogP contribution in [-0.4, -0.2) is 54.3 Å². The van der Waals surface area contributed by atoms with Crippen LogP contribution < -0.4 is 0 Å². The number of rotatable bonds is 3. The molecule has 1 aromatic rings. The number of nitrogens with zero attached hydrogens (tertiary/aromatic N) is 1. The fourth-order valence-electron chi connectivity index (χ4n) is 2.16. The fraction of sp³-hybridized carbons (Fsp3) is 0.562. The average molecular weight is 309 g/mol. The minimum absolute atomic E-state index is 0.105. The molecule has 0 aromatic heterocycles. The van der Waals surface area contributed by atoms with Crippen molar-refractivity contribution in [3.8, 4) is 0 Å². The Kier molecular flexibility index (Phi) is 5.39. The molecule has 0 saturated carbocycles. The highest BCUT2D eigenvalue weighted by molar-refractivity contribution is 5.67. The summed E-state index contributed by atoms with van der Waals surface area (Å²) < 4.78 is 16.3. The highest BCUT2D eigenvalue weighted by Crippen LogP contribution is 2.20. The third-order valence-electron chi connectivity index (χ3n) is 3.64. The van der Waals surface area contributed by atoms with Crippen LogP contribution in [0, 0.1) is 0 Å². The molecule has 1 saturated heterocycles. The highest BCUT2D eigenvalue weighted by atomic mass is 16.7. The monoisotopic (exact) mass is 309 g/mol. The lowest BCUT2D eigenvalue weighted by atomic mass is 10.1. The summed E-state index contributed by atoms with van der Waals surface area (Å²) in [7, 11) is 1.59. The molecule has 122 valence electrons. The van der Waals surface area contributed by atoms with E-state index in [1.165, 1.54) is 4.90 Å². The largest absolute Gasteiger partial charge is 0.445 e. The van der Waals surface area contributed by atoms with Gasteiger partial charge in [0.05, 0.1) is 19.3 Å². The maximum absolute atomic E-state index is 12.1. The van der Waals surface area contributed by atoms with Crippen molar-refractivity contribution in [1.82, 2.24) is 4.90 Å². The first kappa shape index (κ1) is 16.7. The summed E-state index contributed by atoms with van der Waals surface area (Å²) in [6.07, 6.45) is -1.33. The smallest absolute Gasteiger partial charge is 0.410 e. The Morgan fingerprint density at radius 1 is 1.32 bits per heavy atom. The number of hydrogen-bond donors (Lipinski definition) is 1. The summed E-state index contributed by atoms with van der Waals surface area (Å²) in [5.41, 5.74) is 0.909. The molecule has 1 fully saturated rings. The molecular formula is C16H23NO5. The molecule has 1 heterocycles. The van der Waals surface area contributed by atoms with Crippen LogP contribution in [0.25, 0.3) is 0 Å². The van der Waals surface area contributed by atoms with Crippen LogP contribution >= 0.6 is 0 Å². The molecule has 2 atom stereocenters. The van der Waals surface area contributed by atoms with Gasteiger partial charge in [-0.05, 0) is 19.4 Å². The molecule has 0 radical (unpaired) electrons. The van der Waals surface area contributed by atoms with E-state index in [9.17, 15) is 9.90 Å². The van der Waals surface area contributed by atoms with Crippen molar-refractivity contribution in [2.75, 3.05) is 20.3 Å². The number of carbonyl (C=O) groups excluding carboxylic acids is 1. The third kappa shape index (κ3) is 4.43. The molecule has 0 bridgehead atoms. The SMILES string of the molecule is CN(C(=O)OCc1ccccc1)[C@@H]1COC(C)(C)OC[C@H]1O. The van der Waals surface area contributed by atoms with Crippen molar-refractivity contribution in [1.29, 1.82) is 0 Å². The lowest BCUT2D eigenvalue weighted by molar-refractivity contribution is -0.204. The van der Waals surface area contributed by atoms with Crippen LogP contribution in [0.4, 0.5) is 4.79 Å². The number of aliphatic hydroxyl groups excluding tert-OH is 1. The minimum atomic E-state index is -0.823. The summed E-state index contributed by atoms with van der Waals surface area (Å²) in [6.45, 7) is 4.03. The lowest BCUT2D eigenvalue weighted by Gasteiger charge is -2.29. The molecular weight excluding hydrogens is 286 g/mol. The Balaban J connectivity index is 1.91. The van der Waals surface area contributed by atoms with E-state index >= 15 is 0 Å². The number of amides is 1. The van der Waals surface area contributed by atoms with Crippen molar-refractivity contribution in [2.24, 2.45) is 0 Å². The number of carbonyl (C=O) groups is 1. The highest BCUT2D eigenvalue weighted by Gasteiger charge is 2.35. The Bertz CT molecular complexity index is 491. The summed E-state index contributed by atoms with van der Waals surface area (Å²) in [6, 6.07) is 8.92. The van der Waals surface area contributed by atoms with Crippen molar-refractivity contribution in [3.63, 3.8) is 0 Å². The molecule has 1 amide bonds. The van der Waals surface area contributed by atoms with Gasteiger partial charge in [-0.15, -0.1) is 0 Å². The van der Waals surface area contributed by atoms with E-state index in [-0.39, 0.29) is 19.8 Å². The number of likely N-dealkylation sites (N-methyl/N-ethyl adjacent to an activating group) is 1. The summed E-state index contributed by atoms with van der Waals surface area (Å²) >= 11 is 0. The molecule has 1 aromatic carbocycles. The first-order valence-corrected chi connectivity index (χ1v) is 7.28. The van der Waals surface area contributed by atoms with E-state index in [0.29, 0.717) is 0 Å². The number of hydrogen-bond acceptors (Lipinski definition) is 5. The second kappa shape index (κ2) is 7.09. The van der Waals surface area contributed by atoms with E-state index < -0.39 is 24.0 Å². The summed E-state index contributed by atoms with van der Waals surface area (Å²) in [5, 5.41) is 10.1. The zero-order valence-electron chi connectivity index (χ0n) is 13.2. The van der Waals surface area contributed by atoms with Crippen LogP contribution in [0.15, 0.2) is 30.3 Å². The number of benzene rings is 1. The molecule has 1 N–H and O–H groups in total. The van der Waals surface area contributed by atoms with Crippen molar-refractivity contribution < 1.29 is 24.1 Å². The van der Waals surface area contributed by atoms with Gasteiger partial charge in [-0.3, -0.25) is 0 Å². The van der Waals surface area contributed by atoms with Gasteiger partial charge in [-0.2, -0.15) is 0 Å². The van der Waals surface area contributed by atoms with Crippen molar-refractivity contribution >= 4 is 6.09 Å². The van der Waals surface area contributed by atoms with E-state index in [4.69, 9.17) is 14.2 Å². The van der Waals surface area contributed by atoms with Gasteiger partial charge in [0.15, 0.2) is 5.79 Å². The van der Waals surface area contributed by atoms with E-state index in [1.54, 1.807) is 20.9 Å². The molecule has 6 heteroatoms. The predicted molar refractivity (Wildman–Crippen MR) is 80.2 cm³/mol. The van der Waals surface area contributed by atoms with Crippen LogP contribution in [-0.2, 0) is 20.8 Å². The molecule has 0 unspecified atom stereocenters. The molecule has 6 nitrogen and oxygen atoms in total. The Hall–Kier alpha value is -1.63. The van der Waals surface area contributed by atoms with E-state index in [0.717, 1.165) is 5.56 Å². The maximum atomic E-state index is 12.1. The van der Waals surface area contributed by atoms with Crippen LogP contribution in [0.1, 0.15) is 19.4 Å². The Morgan fingerprint density at radius 3 is 2.64 bits per heavy atom. The van der Waals surface area contributed by atoms with Gasteiger partial charge in [-0.25, -0.2) is 4.79 Å². The first-order chi connectivity index (χ1) is 10.4. The van der Waals surface area contributed by atoms with E-state index in [1.807, 2.05) is 30.3 Å². The van der Waals surface area contributed by atoms with Gasteiger partial charge in [0, 0.05) is 7.05 Å². The van der Waals surface area contributed by atoms with Gasteiger partial charge in [0.2, 0.25) is 0 Å². The second-order valence-corrected chi connectivity index (χ2v) is 5.81. The van der Waals surface area contributed by atoms with Crippen LogP contribution in [0.5, 0.6) is 0 Å². The Morgan fingerprint density at radius 2 is 1.95 bits per heavy atom. The standard InChI is InChI=1S/C16H23NO5/c1-16(2)21-10-13(14(18)11-22-16)17(3)15(19)20-9-12-7-5-4-6-8-12/h4-8,13-14,18H,9-11H2,1-3H3/t13-,14-/m1/s1. The molecule has 0 spiro atoms. The Labute approximate surface area is 130 Å². The zero-order chi connectivity index (χ0) is 16.2. The molecule has 1 aliphatic heterocycles. The van der Waals surface area contributed by atoms with Gasteiger partial charge >= 0.3 is 6.09 Å². The van der Waals surface area contributed by atoms with Crippen LogP contribution in [0.3, 0.4) is 0 Å². The van der Waals surface area contributed by atoms with Gasteiger partial charge in [-0.1, -0.05) is 30.3 Å². The fourth-order valence-corrected chi connectivity index (χ4v) is 2.16. The summed E-state index contributed by atoms with van der Waals surface area (Å²) in [5.74, 6) is -0.773. The minimum Gasteiger partial charge on any atom is -0.445 e. The van der Waals surface area contributed by atoms with E-state index in [2.05, 4.69) is 0 Å². The lowest BCUT2D eigenvalue weighted by Crippen LogP contribution is -2.48. The molecule has 0 aliphatic carbocycles. The normalized spacial score (nSPS) is 24.4.